The van der Waals surface area contributed by atoms with Gasteiger partial charge in [0.25, 0.3) is 0 Å². The second-order valence-corrected chi connectivity index (χ2v) is 5.14. The number of hydrogen-bond acceptors (Lipinski definition) is 2. The zero-order valence-electron chi connectivity index (χ0n) is 10.4. The number of ether oxygens (including phenoxy) is 1. The number of rotatable bonds is 4. The molecule has 2 aromatic rings. The maximum absolute atomic E-state index is 13.1. The van der Waals surface area contributed by atoms with Crippen molar-refractivity contribution in [3.8, 4) is 5.75 Å². The molecule has 0 aliphatic carbocycles. The molecule has 0 aliphatic rings. The third-order valence-corrected chi connectivity index (χ3v) is 3.34. The third-order valence-electron chi connectivity index (χ3n) is 2.73. The van der Waals surface area contributed by atoms with Gasteiger partial charge in [-0.15, -0.1) is 0 Å². The maximum Gasteiger partial charge on any atom is 0.137 e. The topological polar surface area (TPSA) is 29.5 Å². The van der Waals surface area contributed by atoms with Gasteiger partial charge < -0.3 is 9.84 Å². The zero-order valence-corrected chi connectivity index (χ0v) is 12.0. The van der Waals surface area contributed by atoms with Crippen molar-refractivity contribution in [3.05, 3.63) is 63.9 Å². The molecule has 0 aromatic heterocycles. The van der Waals surface area contributed by atoms with Gasteiger partial charge in [0, 0.05) is 0 Å². The van der Waals surface area contributed by atoms with E-state index in [0.29, 0.717) is 16.8 Å². The predicted molar refractivity (Wildman–Crippen MR) is 75.5 cm³/mol. The van der Waals surface area contributed by atoms with Crippen LogP contribution in [-0.4, -0.2) is 5.11 Å². The monoisotopic (exact) mass is 324 g/mol. The molecule has 1 N–H and O–H groups in total. The average molecular weight is 325 g/mol. The molecular weight excluding hydrogens is 311 g/mol. The molecule has 1 atom stereocenters. The first-order valence-electron chi connectivity index (χ1n) is 5.91. The van der Waals surface area contributed by atoms with Gasteiger partial charge in [-0.1, -0.05) is 18.2 Å². The number of hydrogen-bond donors (Lipinski definition) is 1. The highest BCUT2D eigenvalue weighted by Crippen LogP contribution is 2.21. The lowest BCUT2D eigenvalue weighted by Gasteiger charge is -2.10. The van der Waals surface area contributed by atoms with Crippen LogP contribution in [0.3, 0.4) is 0 Å². The van der Waals surface area contributed by atoms with Gasteiger partial charge in [-0.2, -0.15) is 0 Å². The van der Waals surface area contributed by atoms with E-state index in [1.165, 1.54) is 6.07 Å². The molecule has 0 radical (unpaired) electrons. The Labute approximate surface area is 120 Å². The molecular formula is C15H14BrFO2. The summed E-state index contributed by atoms with van der Waals surface area (Å²) in [6.07, 6.45) is -0.525. The van der Waals surface area contributed by atoms with Crippen molar-refractivity contribution < 1.29 is 14.2 Å². The van der Waals surface area contributed by atoms with Crippen LogP contribution in [0.1, 0.15) is 24.2 Å². The fourth-order valence-corrected chi connectivity index (χ4v) is 2.09. The van der Waals surface area contributed by atoms with E-state index in [-0.39, 0.29) is 5.82 Å². The first-order chi connectivity index (χ1) is 9.06. The van der Waals surface area contributed by atoms with Crippen molar-refractivity contribution in [1.82, 2.24) is 0 Å². The molecule has 0 saturated carbocycles. The van der Waals surface area contributed by atoms with Crippen molar-refractivity contribution in [1.29, 1.82) is 0 Å². The van der Waals surface area contributed by atoms with E-state index in [4.69, 9.17) is 4.74 Å². The number of halogens is 2. The molecule has 2 nitrogen and oxygen atoms in total. The van der Waals surface area contributed by atoms with Crippen LogP contribution in [0.5, 0.6) is 5.75 Å². The summed E-state index contributed by atoms with van der Waals surface area (Å²) in [5.41, 5.74) is 1.67. The first-order valence-corrected chi connectivity index (χ1v) is 6.70. The van der Waals surface area contributed by atoms with Crippen LogP contribution in [0.15, 0.2) is 46.9 Å². The largest absolute Gasteiger partial charge is 0.489 e. The highest BCUT2D eigenvalue weighted by Gasteiger charge is 2.04. The van der Waals surface area contributed by atoms with E-state index in [0.717, 1.165) is 11.1 Å². The van der Waals surface area contributed by atoms with E-state index < -0.39 is 6.10 Å². The predicted octanol–water partition coefficient (Wildman–Crippen LogP) is 4.22. The highest BCUT2D eigenvalue weighted by atomic mass is 79.9. The second-order valence-electron chi connectivity index (χ2n) is 4.29. The van der Waals surface area contributed by atoms with Crippen molar-refractivity contribution in [3.63, 3.8) is 0 Å². The summed E-state index contributed by atoms with van der Waals surface area (Å²) in [7, 11) is 0. The van der Waals surface area contributed by atoms with Gasteiger partial charge in [-0.05, 0) is 58.2 Å². The van der Waals surface area contributed by atoms with Gasteiger partial charge >= 0.3 is 0 Å². The van der Waals surface area contributed by atoms with Crippen LogP contribution >= 0.6 is 15.9 Å². The first kappa shape index (κ1) is 14.0. The molecule has 2 aromatic carbocycles. The van der Waals surface area contributed by atoms with Gasteiger partial charge in [-0.3, -0.25) is 0 Å². The molecule has 100 valence electrons. The summed E-state index contributed by atoms with van der Waals surface area (Å²) in [5, 5.41) is 9.50. The summed E-state index contributed by atoms with van der Waals surface area (Å²) in [6, 6.07) is 12.1. The van der Waals surface area contributed by atoms with Crippen molar-refractivity contribution in [2.45, 2.75) is 19.6 Å². The van der Waals surface area contributed by atoms with Crippen molar-refractivity contribution in [2.24, 2.45) is 0 Å². The molecule has 19 heavy (non-hydrogen) atoms. The molecule has 2 rings (SSSR count). The minimum absolute atomic E-state index is 0.292. The zero-order chi connectivity index (χ0) is 13.8. The Balaban J connectivity index is 2.05. The molecule has 0 fully saturated rings. The minimum Gasteiger partial charge on any atom is -0.489 e. The van der Waals surface area contributed by atoms with Crippen LogP contribution in [0, 0.1) is 5.82 Å². The fourth-order valence-electron chi connectivity index (χ4n) is 1.66. The van der Waals surface area contributed by atoms with E-state index in [1.807, 2.05) is 18.2 Å². The van der Waals surface area contributed by atoms with Crippen LogP contribution in [-0.2, 0) is 6.61 Å². The standard InChI is InChI=1S/C15H14BrFO2/c1-10(18)12-3-2-4-13(8-12)19-9-11-5-6-15(17)14(16)7-11/h2-8,10,18H,9H2,1H3/t10-/m0/s1. The smallest absolute Gasteiger partial charge is 0.137 e. The number of benzene rings is 2. The van der Waals surface area contributed by atoms with Crippen molar-refractivity contribution >= 4 is 15.9 Å². The van der Waals surface area contributed by atoms with Gasteiger partial charge in [0.2, 0.25) is 0 Å². The lowest BCUT2D eigenvalue weighted by molar-refractivity contribution is 0.198. The molecule has 0 saturated heterocycles. The van der Waals surface area contributed by atoms with Crippen LogP contribution in [0.4, 0.5) is 4.39 Å². The Hall–Kier alpha value is -1.39. The minimum atomic E-state index is -0.525. The SMILES string of the molecule is C[C@H](O)c1cccc(OCc2ccc(F)c(Br)c2)c1. The maximum atomic E-state index is 13.1. The lowest BCUT2D eigenvalue weighted by Crippen LogP contribution is -1.97. The highest BCUT2D eigenvalue weighted by molar-refractivity contribution is 9.10. The molecule has 0 amide bonds. The molecule has 4 heteroatoms. The number of aliphatic hydroxyl groups is 1. The van der Waals surface area contributed by atoms with Crippen LogP contribution in [0.25, 0.3) is 0 Å². The molecule has 0 spiro atoms. The Morgan fingerprint density at radius 1 is 1.26 bits per heavy atom. The van der Waals surface area contributed by atoms with E-state index in [2.05, 4.69) is 15.9 Å². The summed E-state index contributed by atoms with van der Waals surface area (Å²) >= 11 is 3.14. The lowest BCUT2D eigenvalue weighted by atomic mass is 10.1. The normalized spacial score (nSPS) is 12.2. The Morgan fingerprint density at radius 3 is 2.74 bits per heavy atom. The van der Waals surface area contributed by atoms with Gasteiger partial charge in [0.15, 0.2) is 0 Å². The summed E-state index contributed by atoms with van der Waals surface area (Å²) in [4.78, 5) is 0. The quantitative estimate of drug-likeness (QED) is 0.912. The summed E-state index contributed by atoms with van der Waals surface area (Å²) in [6.45, 7) is 2.05. The number of aliphatic hydroxyl groups excluding tert-OH is 1. The molecule has 0 bridgehead atoms. The van der Waals surface area contributed by atoms with E-state index >= 15 is 0 Å². The average Bonchev–Trinajstić information content (AvgIpc) is 2.40. The van der Waals surface area contributed by atoms with Gasteiger partial charge in [0.1, 0.15) is 18.2 Å². The molecule has 0 heterocycles. The Bertz CT molecular complexity index is 570. The molecule has 0 aliphatic heterocycles. The van der Waals surface area contributed by atoms with Crippen LogP contribution < -0.4 is 4.74 Å². The third kappa shape index (κ3) is 3.78. The molecule has 0 unspecified atom stereocenters. The fraction of sp³-hybridized carbons (Fsp3) is 0.200. The summed E-state index contributed by atoms with van der Waals surface area (Å²) in [5.74, 6) is 0.388. The van der Waals surface area contributed by atoms with Gasteiger partial charge in [0.05, 0.1) is 10.6 Å². The van der Waals surface area contributed by atoms with Crippen molar-refractivity contribution in [2.75, 3.05) is 0 Å². The van der Waals surface area contributed by atoms with E-state index in [1.54, 1.807) is 25.1 Å². The summed E-state index contributed by atoms with van der Waals surface area (Å²) < 4.78 is 19.1. The van der Waals surface area contributed by atoms with Gasteiger partial charge in [-0.25, -0.2) is 4.39 Å². The second kappa shape index (κ2) is 6.17. The Kier molecular flexibility index (Phi) is 4.56. The van der Waals surface area contributed by atoms with E-state index in [9.17, 15) is 9.50 Å². The van der Waals surface area contributed by atoms with Crippen LogP contribution in [0.2, 0.25) is 0 Å². The Morgan fingerprint density at radius 2 is 2.05 bits per heavy atom.